The van der Waals surface area contributed by atoms with Gasteiger partial charge < -0.3 is 24.9 Å². The molecule has 0 fully saturated rings. The van der Waals surface area contributed by atoms with Crippen LogP contribution in [0.2, 0.25) is 0 Å². The Morgan fingerprint density at radius 3 is 2.60 bits per heavy atom. The molecule has 0 spiro atoms. The monoisotopic (exact) mass is 484 g/mol. The Bertz CT molecular complexity index is 1140. The van der Waals surface area contributed by atoms with Gasteiger partial charge in [-0.15, -0.1) is 0 Å². The molecule has 0 radical (unpaired) electrons. The van der Waals surface area contributed by atoms with Crippen LogP contribution in [0.15, 0.2) is 60.7 Å². The number of aliphatic carboxylic acids is 1. The van der Waals surface area contributed by atoms with Gasteiger partial charge in [-0.3, -0.25) is 0 Å². The van der Waals surface area contributed by atoms with E-state index in [1.807, 2.05) is 12.1 Å². The van der Waals surface area contributed by atoms with Crippen molar-refractivity contribution in [1.82, 2.24) is 0 Å². The molecule has 0 unspecified atom stereocenters. The average molecular weight is 485 g/mol. The molecule has 1 aliphatic heterocycles. The second-order valence-electron chi connectivity index (χ2n) is 8.64. The molecule has 178 valence electrons. The number of carbonyl (C=O) groups excluding carboxylic acids is 1. The standard InChI is InChI=1S/C28H31FN2O3.Na/c1-34-24-12-7-20(8-13-24)15-17-31-16-3-5-25-22(4-2-6-27(25)31)19-30-23-11-9-21(26(29)18-23)10-14-28(32)33;/h2,4,6-9,11-13,18,30H,3,5,10,14-17,19H2,1H3,(H,32,33);/q;+1/p-1. The number of nitrogens with one attached hydrogen (secondary N) is 1. The molecule has 5 nitrogen and oxygen atoms in total. The van der Waals surface area contributed by atoms with Gasteiger partial charge in [0.15, 0.2) is 0 Å². The van der Waals surface area contributed by atoms with Crippen LogP contribution in [0.3, 0.4) is 0 Å². The number of methoxy groups -OCH3 is 1. The normalized spacial score (nSPS) is 12.5. The number of carboxylic acid groups (broad SMARTS) is 1. The molecule has 0 saturated carbocycles. The van der Waals surface area contributed by atoms with Gasteiger partial charge in [0, 0.05) is 37.0 Å². The molecule has 0 amide bonds. The maximum atomic E-state index is 14.4. The molecule has 0 aromatic heterocycles. The van der Waals surface area contributed by atoms with E-state index in [4.69, 9.17) is 4.74 Å². The minimum atomic E-state index is -1.17. The number of rotatable bonds is 10. The fraction of sp³-hybridized carbons (Fsp3) is 0.321. The van der Waals surface area contributed by atoms with Crippen LogP contribution in [0.4, 0.5) is 15.8 Å². The number of nitrogens with zero attached hydrogens (tertiary/aromatic N) is 1. The van der Waals surface area contributed by atoms with E-state index in [-0.39, 0.29) is 42.4 Å². The Balaban J connectivity index is 0.00000342. The fourth-order valence-electron chi connectivity index (χ4n) is 4.52. The number of benzene rings is 3. The second kappa shape index (κ2) is 13.0. The Kier molecular flexibility index (Phi) is 10.0. The first-order valence-electron chi connectivity index (χ1n) is 11.7. The second-order valence-corrected chi connectivity index (χ2v) is 8.64. The molecule has 0 atom stereocenters. The van der Waals surface area contributed by atoms with Crippen LogP contribution in [-0.4, -0.2) is 26.2 Å². The summed E-state index contributed by atoms with van der Waals surface area (Å²) < 4.78 is 19.6. The minimum Gasteiger partial charge on any atom is -0.550 e. The SMILES string of the molecule is COc1ccc(CCN2CCCc3c(CNc4ccc(CCC(=O)[O-])c(F)c4)cccc32)cc1.[Na+]. The van der Waals surface area contributed by atoms with Crippen LogP contribution in [0.1, 0.15) is 35.1 Å². The van der Waals surface area contributed by atoms with Crippen molar-refractivity contribution in [2.24, 2.45) is 0 Å². The van der Waals surface area contributed by atoms with Crippen molar-refractivity contribution in [3.05, 3.63) is 88.7 Å². The molecular weight excluding hydrogens is 454 g/mol. The molecule has 1 heterocycles. The Labute approximate surface area is 228 Å². The molecule has 35 heavy (non-hydrogen) atoms. The summed E-state index contributed by atoms with van der Waals surface area (Å²) in [5, 5.41) is 14.0. The Morgan fingerprint density at radius 1 is 1.09 bits per heavy atom. The predicted octanol–water partition coefficient (Wildman–Crippen LogP) is 1.13. The first kappa shape index (κ1) is 27.1. The number of hydrogen-bond acceptors (Lipinski definition) is 5. The number of aryl methyl sites for hydroxylation is 1. The van der Waals surface area contributed by atoms with E-state index in [2.05, 4.69) is 40.5 Å². The number of halogens is 1. The van der Waals surface area contributed by atoms with Gasteiger partial charge in [0.2, 0.25) is 0 Å². The van der Waals surface area contributed by atoms with Crippen LogP contribution in [0, 0.1) is 5.82 Å². The molecule has 7 heteroatoms. The minimum absolute atomic E-state index is 0. The van der Waals surface area contributed by atoms with Crippen LogP contribution in [0.5, 0.6) is 5.75 Å². The van der Waals surface area contributed by atoms with Crippen molar-refractivity contribution in [3.8, 4) is 5.75 Å². The first-order valence-corrected chi connectivity index (χ1v) is 11.7. The smallest absolute Gasteiger partial charge is 0.550 e. The summed E-state index contributed by atoms with van der Waals surface area (Å²) in [6.45, 7) is 2.60. The number of carboxylic acids is 1. The van der Waals surface area contributed by atoms with E-state index in [0.717, 1.165) is 38.1 Å². The summed E-state index contributed by atoms with van der Waals surface area (Å²) in [6, 6.07) is 19.5. The van der Waals surface area contributed by atoms with Gasteiger partial charge in [0.1, 0.15) is 11.6 Å². The maximum Gasteiger partial charge on any atom is 1.00 e. The molecule has 3 aromatic carbocycles. The Morgan fingerprint density at radius 2 is 1.89 bits per heavy atom. The zero-order valence-corrected chi connectivity index (χ0v) is 22.5. The van der Waals surface area contributed by atoms with Gasteiger partial charge in [0.05, 0.1) is 7.11 Å². The molecule has 1 N–H and O–H groups in total. The zero-order chi connectivity index (χ0) is 23.9. The molecule has 4 rings (SSSR count). The zero-order valence-electron chi connectivity index (χ0n) is 20.5. The first-order chi connectivity index (χ1) is 16.5. The third-order valence-corrected chi connectivity index (χ3v) is 6.41. The third-order valence-electron chi connectivity index (χ3n) is 6.41. The molecule has 1 aliphatic rings. The summed E-state index contributed by atoms with van der Waals surface area (Å²) in [5.41, 5.74) is 6.20. The van der Waals surface area contributed by atoms with Crippen LogP contribution >= 0.6 is 0 Å². The van der Waals surface area contributed by atoms with Crippen molar-refractivity contribution in [2.45, 2.75) is 38.6 Å². The quantitative estimate of drug-likeness (QED) is 0.437. The molecular formula is C28H30FN2NaO3. The van der Waals surface area contributed by atoms with Crippen molar-refractivity contribution >= 4 is 17.3 Å². The Hall–Kier alpha value is -2.54. The van der Waals surface area contributed by atoms with Crippen LogP contribution in [0.25, 0.3) is 0 Å². The van der Waals surface area contributed by atoms with E-state index in [1.54, 1.807) is 19.2 Å². The van der Waals surface area contributed by atoms with Crippen molar-refractivity contribution < 1.29 is 48.6 Å². The van der Waals surface area contributed by atoms with E-state index in [9.17, 15) is 14.3 Å². The number of carbonyl (C=O) groups is 1. The van der Waals surface area contributed by atoms with E-state index >= 15 is 0 Å². The van der Waals surface area contributed by atoms with E-state index in [1.165, 1.54) is 28.4 Å². The van der Waals surface area contributed by atoms with Crippen molar-refractivity contribution in [2.75, 3.05) is 30.4 Å². The van der Waals surface area contributed by atoms with Crippen molar-refractivity contribution in [1.29, 1.82) is 0 Å². The van der Waals surface area contributed by atoms with Gasteiger partial charge in [-0.05, 0) is 84.7 Å². The third kappa shape index (κ3) is 7.23. The number of fused-ring (bicyclic) bond motifs is 1. The van der Waals surface area contributed by atoms with Gasteiger partial charge in [-0.1, -0.05) is 30.3 Å². The summed E-state index contributed by atoms with van der Waals surface area (Å²) >= 11 is 0. The maximum absolute atomic E-state index is 14.4. The number of ether oxygens (including phenoxy) is 1. The molecule has 0 bridgehead atoms. The summed E-state index contributed by atoms with van der Waals surface area (Å²) in [7, 11) is 1.68. The molecule has 0 aliphatic carbocycles. The van der Waals surface area contributed by atoms with Crippen LogP contribution < -0.4 is 49.6 Å². The van der Waals surface area contributed by atoms with Gasteiger partial charge >= 0.3 is 29.6 Å². The van der Waals surface area contributed by atoms with Gasteiger partial charge in [-0.2, -0.15) is 0 Å². The summed E-state index contributed by atoms with van der Waals surface area (Å²) in [6.07, 6.45) is 3.05. The van der Waals surface area contributed by atoms with Gasteiger partial charge in [0.25, 0.3) is 0 Å². The summed E-state index contributed by atoms with van der Waals surface area (Å²) in [5.74, 6) is -0.698. The van der Waals surface area contributed by atoms with Crippen molar-refractivity contribution in [3.63, 3.8) is 0 Å². The average Bonchev–Trinajstić information content (AvgIpc) is 2.85. The summed E-state index contributed by atoms with van der Waals surface area (Å²) in [4.78, 5) is 13.1. The topological polar surface area (TPSA) is 64.6 Å². The molecule has 0 saturated heterocycles. The molecule has 3 aromatic rings. The van der Waals surface area contributed by atoms with E-state index in [0.29, 0.717) is 17.8 Å². The number of hydrogen-bond donors (Lipinski definition) is 1. The number of anilines is 2. The fourth-order valence-corrected chi connectivity index (χ4v) is 4.52. The predicted molar refractivity (Wildman–Crippen MR) is 131 cm³/mol. The van der Waals surface area contributed by atoms with Gasteiger partial charge in [-0.25, -0.2) is 4.39 Å². The van der Waals surface area contributed by atoms with E-state index < -0.39 is 11.8 Å². The van der Waals surface area contributed by atoms with Crippen LogP contribution in [-0.2, 0) is 30.6 Å². The largest absolute Gasteiger partial charge is 1.00 e.